The number of hydrogen-bond donors (Lipinski definition) is 5. The molecule has 160 valence electrons. The van der Waals surface area contributed by atoms with Gasteiger partial charge in [0.2, 0.25) is 5.91 Å². The number of hydrogen-bond acceptors (Lipinski definition) is 10. The number of anilines is 1. The van der Waals surface area contributed by atoms with Gasteiger partial charge in [0.1, 0.15) is 11.4 Å². The third kappa shape index (κ3) is 6.30. The molecule has 0 aromatic carbocycles. The average Bonchev–Trinajstić information content (AvgIpc) is 2.74. The Bertz CT molecular complexity index is 1010. The minimum absolute atomic E-state index is 0.349. The van der Waals surface area contributed by atoms with Gasteiger partial charge in [-0.15, -0.1) is 0 Å². The lowest BCUT2D eigenvalue weighted by Gasteiger charge is -2.17. The van der Waals surface area contributed by atoms with E-state index in [1.165, 1.54) is 6.20 Å². The van der Waals surface area contributed by atoms with E-state index in [0.29, 0.717) is 28.7 Å². The van der Waals surface area contributed by atoms with Gasteiger partial charge in [-0.2, -0.15) is 10.2 Å². The standard InChI is InChI=1S/C18H18N8O5/c27-14(8-26(9-15(28)29)10-16(30)31)21-11-4-5-13(20-7-11)18-24-22-17(23-25-18)12-3-1-2-6-19-12/h1-7H,8-10H2,(H,21,27)(H,22,23)(H,24,25)(H,28,29)(H,30,31). The minimum atomic E-state index is -1.23. The summed E-state index contributed by atoms with van der Waals surface area (Å²) in [7, 11) is 0. The Morgan fingerprint density at radius 1 is 0.871 bits per heavy atom. The van der Waals surface area contributed by atoms with Gasteiger partial charge in [-0.25, -0.2) is 0 Å². The van der Waals surface area contributed by atoms with Crippen LogP contribution in [-0.2, 0) is 14.4 Å². The fourth-order valence-corrected chi connectivity index (χ4v) is 2.56. The monoisotopic (exact) mass is 426 g/mol. The quantitative estimate of drug-likeness (QED) is 0.337. The van der Waals surface area contributed by atoms with E-state index in [9.17, 15) is 14.4 Å². The number of pyridine rings is 2. The third-order valence-corrected chi connectivity index (χ3v) is 3.83. The Kier molecular flexibility index (Phi) is 6.80. The van der Waals surface area contributed by atoms with Crippen molar-refractivity contribution in [2.45, 2.75) is 0 Å². The molecule has 3 heterocycles. The molecular formula is C18H18N8O5. The first-order valence-electron chi connectivity index (χ1n) is 8.92. The second kappa shape index (κ2) is 9.89. The van der Waals surface area contributed by atoms with Crippen LogP contribution in [0.25, 0.3) is 0 Å². The Labute approximate surface area is 175 Å². The Morgan fingerprint density at radius 3 is 2.00 bits per heavy atom. The van der Waals surface area contributed by atoms with Crippen molar-refractivity contribution in [3.63, 3.8) is 0 Å². The summed E-state index contributed by atoms with van der Waals surface area (Å²) in [6.07, 6.45) is 3.02. The van der Waals surface area contributed by atoms with Crippen molar-refractivity contribution in [3.05, 3.63) is 54.1 Å². The number of carbonyl (C=O) groups excluding carboxylic acids is 1. The van der Waals surface area contributed by atoms with E-state index in [1.54, 1.807) is 30.5 Å². The molecule has 0 bridgehead atoms. The van der Waals surface area contributed by atoms with Gasteiger partial charge >= 0.3 is 11.9 Å². The molecule has 1 aliphatic rings. The first kappa shape index (κ1) is 21.3. The third-order valence-electron chi connectivity index (χ3n) is 3.83. The van der Waals surface area contributed by atoms with E-state index in [2.05, 4.69) is 36.3 Å². The van der Waals surface area contributed by atoms with Crippen LogP contribution in [0.15, 0.2) is 52.9 Å². The number of rotatable bonds is 9. The topological polar surface area (TPSA) is 182 Å². The maximum Gasteiger partial charge on any atom is 0.317 e. The number of carboxylic acids is 2. The van der Waals surface area contributed by atoms with Gasteiger partial charge in [0.05, 0.1) is 31.5 Å². The van der Waals surface area contributed by atoms with Crippen LogP contribution < -0.4 is 16.2 Å². The average molecular weight is 426 g/mol. The molecule has 0 aliphatic carbocycles. The van der Waals surface area contributed by atoms with Gasteiger partial charge in [-0.05, 0) is 24.3 Å². The fraction of sp³-hybridized carbons (Fsp3) is 0.167. The van der Waals surface area contributed by atoms with E-state index in [1.807, 2.05) is 6.07 Å². The highest BCUT2D eigenvalue weighted by molar-refractivity contribution is 6.04. The molecule has 0 unspecified atom stereocenters. The zero-order valence-corrected chi connectivity index (χ0v) is 16.0. The second-order valence-corrected chi connectivity index (χ2v) is 6.27. The number of amidine groups is 2. The molecule has 3 rings (SSSR count). The molecule has 0 atom stereocenters. The summed E-state index contributed by atoms with van der Waals surface area (Å²) >= 11 is 0. The first-order chi connectivity index (χ1) is 14.9. The van der Waals surface area contributed by atoms with E-state index in [0.717, 1.165) is 4.90 Å². The molecule has 5 N–H and O–H groups in total. The smallest absolute Gasteiger partial charge is 0.317 e. The number of carbonyl (C=O) groups is 3. The lowest BCUT2D eigenvalue weighted by molar-refractivity contribution is -0.142. The Morgan fingerprint density at radius 2 is 1.52 bits per heavy atom. The predicted octanol–water partition coefficient (Wildman–Crippen LogP) is -0.897. The summed E-state index contributed by atoms with van der Waals surface area (Å²) in [6.45, 7) is -1.55. The summed E-state index contributed by atoms with van der Waals surface area (Å²) in [5.74, 6) is -2.24. The van der Waals surface area contributed by atoms with Crippen molar-refractivity contribution in [1.29, 1.82) is 0 Å². The van der Waals surface area contributed by atoms with Crippen molar-refractivity contribution in [2.24, 2.45) is 10.2 Å². The van der Waals surface area contributed by atoms with Gasteiger partial charge < -0.3 is 15.5 Å². The SMILES string of the molecule is O=C(O)CN(CC(=O)O)CC(=O)Nc1ccc(C2=NNC(c3ccccn3)=NN2)nc1. The first-order valence-corrected chi connectivity index (χ1v) is 8.92. The lowest BCUT2D eigenvalue weighted by atomic mass is 10.3. The van der Waals surface area contributed by atoms with Crippen LogP contribution in [-0.4, -0.2) is 74.2 Å². The summed E-state index contributed by atoms with van der Waals surface area (Å²) in [5, 5.41) is 28.5. The molecule has 1 amide bonds. The van der Waals surface area contributed by atoms with E-state index >= 15 is 0 Å². The van der Waals surface area contributed by atoms with Crippen molar-refractivity contribution in [2.75, 3.05) is 25.0 Å². The molecule has 0 radical (unpaired) electrons. The van der Waals surface area contributed by atoms with Crippen molar-refractivity contribution in [1.82, 2.24) is 25.7 Å². The van der Waals surface area contributed by atoms with Crippen molar-refractivity contribution in [3.8, 4) is 0 Å². The number of nitrogens with zero attached hydrogens (tertiary/aromatic N) is 5. The normalized spacial score (nSPS) is 12.8. The maximum atomic E-state index is 12.1. The minimum Gasteiger partial charge on any atom is -0.480 e. The van der Waals surface area contributed by atoms with E-state index in [-0.39, 0.29) is 0 Å². The number of hydrazone groups is 2. The molecule has 13 heteroatoms. The Balaban J connectivity index is 1.56. The number of nitrogens with one attached hydrogen (secondary N) is 3. The second-order valence-electron chi connectivity index (χ2n) is 6.27. The van der Waals surface area contributed by atoms with Crippen LogP contribution in [0.3, 0.4) is 0 Å². The summed E-state index contributed by atoms with van der Waals surface area (Å²) in [6, 6.07) is 8.55. The lowest BCUT2D eigenvalue weighted by Crippen LogP contribution is -2.40. The molecule has 0 spiro atoms. The highest BCUT2D eigenvalue weighted by Crippen LogP contribution is 2.08. The van der Waals surface area contributed by atoms with Gasteiger partial charge in [0.25, 0.3) is 0 Å². The molecule has 2 aromatic heterocycles. The molecule has 2 aromatic rings. The van der Waals surface area contributed by atoms with Crippen LogP contribution in [0.1, 0.15) is 11.4 Å². The number of amides is 1. The summed E-state index contributed by atoms with van der Waals surface area (Å²) in [4.78, 5) is 43.1. The van der Waals surface area contributed by atoms with Crippen LogP contribution in [0.4, 0.5) is 5.69 Å². The fourth-order valence-electron chi connectivity index (χ4n) is 2.56. The van der Waals surface area contributed by atoms with Crippen molar-refractivity contribution >= 4 is 35.2 Å². The van der Waals surface area contributed by atoms with Gasteiger partial charge in [-0.1, -0.05) is 6.07 Å². The molecular weight excluding hydrogens is 408 g/mol. The van der Waals surface area contributed by atoms with Gasteiger partial charge in [-0.3, -0.25) is 40.1 Å². The van der Waals surface area contributed by atoms with Crippen LogP contribution in [0, 0.1) is 0 Å². The molecule has 0 fully saturated rings. The molecule has 31 heavy (non-hydrogen) atoms. The number of carboxylic acid groups (broad SMARTS) is 2. The van der Waals surface area contributed by atoms with Crippen LogP contribution in [0.2, 0.25) is 0 Å². The van der Waals surface area contributed by atoms with E-state index < -0.39 is 37.5 Å². The summed E-state index contributed by atoms with van der Waals surface area (Å²) in [5.41, 5.74) is 6.97. The molecule has 1 aliphatic heterocycles. The van der Waals surface area contributed by atoms with Gasteiger partial charge in [0.15, 0.2) is 11.7 Å². The van der Waals surface area contributed by atoms with E-state index in [4.69, 9.17) is 10.2 Å². The zero-order valence-electron chi connectivity index (χ0n) is 16.0. The number of aromatic nitrogens is 2. The molecule has 13 nitrogen and oxygen atoms in total. The Hall–Kier alpha value is -4.39. The molecule has 0 saturated heterocycles. The number of aliphatic carboxylic acids is 2. The van der Waals surface area contributed by atoms with Crippen LogP contribution in [0.5, 0.6) is 0 Å². The van der Waals surface area contributed by atoms with Crippen molar-refractivity contribution < 1.29 is 24.6 Å². The zero-order chi connectivity index (χ0) is 22.2. The summed E-state index contributed by atoms with van der Waals surface area (Å²) < 4.78 is 0. The maximum absolute atomic E-state index is 12.1. The van der Waals surface area contributed by atoms with Crippen LogP contribution >= 0.6 is 0 Å². The predicted molar refractivity (Wildman–Crippen MR) is 108 cm³/mol. The highest BCUT2D eigenvalue weighted by Gasteiger charge is 2.18. The largest absolute Gasteiger partial charge is 0.480 e. The van der Waals surface area contributed by atoms with Gasteiger partial charge in [0, 0.05) is 6.20 Å². The highest BCUT2D eigenvalue weighted by atomic mass is 16.4. The molecule has 0 saturated carbocycles.